The summed E-state index contributed by atoms with van der Waals surface area (Å²) in [6.45, 7) is 6.95. The molecule has 0 saturated carbocycles. The Morgan fingerprint density at radius 3 is 2.56 bits per heavy atom. The van der Waals surface area contributed by atoms with Gasteiger partial charge in [-0.2, -0.15) is 11.8 Å². The zero-order valence-corrected chi connectivity index (χ0v) is 13.2. The molecule has 0 aliphatic heterocycles. The first-order valence-corrected chi connectivity index (χ1v) is 8.53. The molecule has 0 fully saturated rings. The van der Waals surface area contributed by atoms with Crippen LogP contribution in [-0.2, 0) is 4.79 Å². The van der Waals surface area contributed by atoms with Gasteiger partial charge >= 0.3 is 0 Å². The van der Waals surface area contributed by atoms with Gasteiger partial charge in [-0.25, -0.2) is 0 Å². The van der Waals surface area contributed by atoms with Crippen molar-refractivity contribution in [1.29, 1.82) is 0 Å². The Labute approximate surface area is 117 Å². The molecule has 0 aromatic rings. The Hall–Kier alpha value is -0.240. The first-order chi connectivity index (χ1) is 8.53. The third kappa shape index (κ3) is 4.79. The Balaban J connectivity index is 2.42. The van der Waals surface area contributed by atoms with Crippen molar-refractivity contribution in [3.8, 4) is 0 Å². The lowest BCUT2D eigenvalue weighted by Gasteiger charge is -2.28. The summed E-state index contributed by atoms with van der Waals surface area (Å²) < 4.78 is 0.438. The third-order valence-corrected chi connectivity index (χ3v) is 5.99. The Bertz CT molecular complexity index is 302. The number of hydrogen-bond acceptors (Lipinski definition) is 2. The van der Waals surface area contributed by atoms with Crippen molar-refractivity contribution < 1.29 is 4.79 Å². The van der Waals surface area contributed by atoms with Crippen LogP contribution in [0.4, 0.5) is 0 Å². The predicted octanol–water partition coefficient (Wildman–Crippen LogP) is 5.00. The number of carbonyl (C=O) groups is 1. The minimum absolute atomic E-state index is 0.336. The van der Waals surface area contributed by atoms with Gasteiger partial charge in [0.1, 0.15) is 0 Å². The van der Waals surface area contributed by atoms with E-state index >= 15 is 0 Å². The van der Waals surface area contributed by atoms with Crippen molar-refractivity contribution in [2.75, 3.05) is 6.26 Å². The molecular weight excluding hydrogens is 240 g/mol. The van der Waals surface area contributed by atoms with E-state index in [2.05, 4.69) is 27.0 Å². The van der Waals surface area contributed by atoms with Gasteiger partial charge in [0, 0.05) is 11.2 Å². The van der Waals surface area contributed by atoms with Crippen LogP contribution in [-0.4, -0.2) is 16.8 Å². The number of ketones is 1. The van der Waals surface area contributed by atoms with Crippen LogP contribution in [0.25, 0.3) is 0 Å². The summed E-state index contributed by atoms with van der Waals surface area (Å²) in [5, 5.41) is 0. The molecule has 1 rings (SSSR count). The van der Waals surface area contributed by atoms with Crippen molar-refractivity contribution >= 4 is 17.5 Å². The number of thioether (sulfide) groups is 1. The molecule has 0 radical (unpaired) electrons. The lowest BCUT2D eigenvalue weighted by molar-refractivity contribution is -0.114. The zero-order valence-electron chi connectivity index (χ0n) is 12.4. The molecule has 0 aromatic carbocycles. The summed E-state index contributed by atoms with van der Waals surface area (Å²) in [6.07, 6.45) is 12.1. The largest absolute Gasteiger partial charge is 0.295 e. The molecule has 2 heteroatoms. The molecule has 18 heavy (non-hydrogen) atoms. The van der Waals surface area contributed by atoms with Crippen LogP contribution in [0.1, 0.15) is 65.7 Å². The Morgan fingerprint density at radius 1 is 1.39 bits per heavy atom. The van der Waals surface area contributed by atoms with E-state index in [1.54, 1.807) is 0 Å². The highest BCUT2D eigenvalue weighted by atomic mass is 32.2. The maximum absolute atomic E-state index is 11.3. The van der Waals surface area contributed by atoms with Crippen LogP contribution in [0, 0.1) is 5.92 Å². The van der Waals surface area contributed by atoms with E-state index in [0.717, 1.165) is 25.2 Å². The molecule has 2 unspecified atom stereocenters. The van der Waals surface area contributed by atoms with Crippen LogP contribution in [0.3, 0.4) is 0 Å². The number of carbonyl (C=O) groups excluding carboxylic acids is 1. The quantitative estimate of drug-likeness (QED) is 0.616. The van der Waals surface area contributed by atoms with Crippen LogP contribution in [0.5, 0.6) is 0 Å². The smallest absolute Gasteiger partial charge is 0.155 e. The molecular formula is C16H28OS. The highest BCUT2D eigenvalue weighted by Crippen LogP contribution is 2.35. The molecule has 1 nitrogen and oxygen atoms in total. The summed E-state index contributed by atoms with van der Waals surface area (Å²) in [5.41, 5.74) is 1.40. The van der Waals surface area contributed by atoms with Crippen LogP contribution < -0.4 is 0 Å². The molecule has 0 bridgehead atoms. The van der Waals surface area contributed by atoms with E-state index < -0.39 is 0 Å². The molecule has 2 atom stereocenters. The molecule has 1 aliphatic carbocycles. The second kappa shape index (κ2) is 7.37. The minimum atomic E-state index is 0.336. The van der Waals surface area contributed by atoms with E-state index in [-0.39, 0.29) is 0 Å². The topological polar surface area (TPSA) is 17.1 Å². The van der Waals surface area contributed by atoms with Gasteiger partial charge in [0.25, 0.3) is 0 Å². The third-order valence-electron chi connectivity index (χ3n) is 4.51. The van der Waals surface area contributed by atoms with Gasteiger partial charge in [0.05, 0.1) is 0 Å². The maximum Gasteiger partial charge on any atom is 0.155 e. The zero-order chi connectivity index (χ0) is 13.6. The van der Waals surface area contributed by atoms with Gasteiger partial charge in [-0.3, -0.25) is 4.79 Å². The van der Waals surface area contributed by atoms with E-state index in [1.807, 2.05) is 17.8 Å². The second-order valence-corrected chi connectivity index (χ2v) is 7.19. The molecule has 0 spiro atoms. The fraction of sp³-hybridized carbons (Fsp3) is 0.812. The number of rotatable bonds is 8. The highest BCUT2D eigenvalue weighted by Gasteiger charge is 2.23. The van der Waals surface area contributed by atoms with Gasteiger partial charge in [-0.05, 0) is 50.4 Å². The van der Waals surface area contributed by atoms with Crippen molar-refractivity contribution in [3.63, 3.8) is 0 Å². The summed E-state index contributed by atoms with van der Waals surface area (Å²) in [7, 11) is 0. The monoisotopic (exact) mass is 268 g/mol. The normalized spacial score (nSPS) is 20.7. The molecule has 104 valence electrons. The summed E-state index contributed by atoms with van der Waals surface area (Å²) in [5.74, 6) is 1.10. The minimum Gasteiger partial charge on any atom is -0.295 e. The van der Waals surface area contributed by atoms with Gasteiger partial charge < -0.3 is 0 Å². The van der Waals surface area contributed by atoms with Gasteiger partial charge in [-0.15, -0.1) is 0 Å². The van der Waals surface area contributed by atoms with Crippen LogP contribution >= 0.6 is 11.8 Å². The molecule has 1 aliphatic rings. The lowest BCUT2D eigenvalue weighted by atomic mass is 9.88. The van der Waals surface area contributed by atoms with Crippen molar-refractivity contribution in [2.45, 2.75) is 70.5 Å². The highest BCUT2D eigenvalue weighted by molar-refractivity contribution is 7.99. The fourth-order valence-electron chi connectivity index (χ4n) is 2.57. The van der Waals surface area contributed by atoms with Gasteiger partial charge in [0.15, 0.2) is 5.78 Å². The van der Waals surface area contributed by atoms with Crippen molar-refractivity contribution in [1.82, 2.24) is 0 Å². The van der Waals surface area contributed by atoms with Crippen LogP contribution in [0.2, 0.25) is 0 Å². The molecule has 0 aromatic heterocycles. The number of allylic oxidation sites excluding steroid dienone is 2. The summed E-state index contributed by atoms with van der Waals surface area (Å²) >= 11 is 2.00. The SMILES string of the molecule is CCC(CCC(C)(CC)SC)CC1=CC(=O)CC1. The van der Waals surface area contributed by atoms with Gasteiger partial charge in [0.2, 0.25) is 0 Å². The Morgan fingerprint density at radius 2 is 2.11 bits per heavy atom. The molecule has 0 amide bonds. The first kappa shape index (κ1) is 15.8. The predicted molar refractivity (Wildman–Crippen MR) is 82.2 cm³/mol. The summed E-state index contributed by atoms with van der Waals surface area (Å²) in [4.78, 5) is 11.3. The van der Waals surface area contributed by atoms with E-state index in [4.69, 9.17) is 0 Å². The molecule has 0 N–H and O–H groups in total. The van der Waals surface area contributed by atoms with Crippen molar-refractivity contribution in [2.24, 2.45) is 5.92 Å². The average Bonchev–Trinajstić information content (AvgIpc) is 2.79. The van der Waals surface area contributed by atoms with E-state index in [9.17, 15) is 4.79 Å². The Kier molecular flexibility index (Phi) is 6.48. The fourth-order valence-corrected chi connectivity index (χ4v) is 3.18. The van der Waals surface area contributed by atoms with Crippen molar-refractivity contribution in [3.05, 3.63) is 11.6 Å². The van der Waals surface area contributed by atoms with Gasteiger partial charge in [-0.1, -0.05) is 32.8 Å². The average molecular weight is 268 g/mol. The van der Waals surface area contributed by atoms with E-state index in [1.165, 1.54) is 31.3 Å². The molecule has 0 heterocycles. The molecule has 0 saturated heterocycles. The summed E-state index contributed by atoms with van der Waals surface area (Å²) in [6, 6.07) is 0. The standard InChI is InChI=1S/C16H28OS/c1-5-13(9-10-16(3,6-2)18-4)11-14-7-8-15(17)12-14/h12-13H,5-11H2,1-4H3. The first-order valence-electron chi connectivity index (χ1n) is 7.30. The second-order valence-electron chi connectivity index (χ2n) is 5.79. The maximum atomic E-state index is 11.3. The number of hydrogen-bond donors (Lipinski definition) is 0. The lowest BCUT2D eigenvalue weighted by Crippen LogP contribution is -2.19. The van der Waals surface area contributed by atoms with E-state index in [0.29, 0.717) is 10.5 Å². The van der Waals surface area contributed by atoms with Crippen LogP contribution in [0.15, 0.2) is 11.6 Å².